The molecule has 0 saturated carbocycles. The summed E-state index contributed by atoms with van der Waals surface area (Å²) in [7, 11) is 0. The minimum atomic E-state index is -0.0812. The molecule has 0 saturated heterocycles. The molecule has 3 aliphatic rings. The van der Waals surface area contributed by atoms with Crippen molar-refractivity contribution in [3.8, 4) is 5.88 Å². The van der Waals surface area contributed by atoms with Crippen molar-refractivity contribution in [1.82, 2.24) is 20.5 Å². The molecule has 1 aliphatic heterocycles. The molecule has 0 bridgehead atoms. The molecule has 0 radical (unpaired) electrons. The molecule has 4 rings (SSSR count). The fourth-order valence-electron chi connectivity index (χ4n) is 4.20. The van der Waals surface area contributed by atoms with Gasteiger partial charge < -0.3 is 10.1 Å². The first kappa shape index (κ1) is 19.5. The number of thioether (sulfide) groups is 1. The third-order valence-electron chi connectivity index (χ3n) is 5.85. The van der Waals surface area contributed by atoms with Gasteiger partial charge in [-0.05, 0) is 44.9 Å². The van der Waals surface area contributed by atoms with Crippen molar-refractivity contribution in [3.63, 3.8) is 0 Å². The predicted molar refractivity (Wildman–Crippen MR) is 114 cm³/mol. The van der Waals surface area contributed by atoms with E-state index >= 15 is 0 Å². The van der Waals surface area contributed by atoms with Gasteiger partial charge in [0.2, 0.25) is 11.0 Å². The van der Waals surface area contributed by atoms with Crippen molar-refractivity contribution < 1.29 is 4.74 Å². The molecule has 5 nitrogen and oxygen atoms in total. The Balaban J connectivity index is 1.66. The number of nitrogens with one attached hydrogen (secondary N) is 1. The van der Waals surface area contributed by atoms with Gasteiger partial charge in [-0.25, -0.2) is 0 Å². The van der Waals surface area contributed by atoms with E-state index in [0.717, 1.165) is 49.1 Å². The van der Waals surface area contributed by atoms with Gasteiger partial charge in [0.25, 0.3) is 0 Å². The van der Waals surface area contributed by atoms with Gasteiger partial charge in [-0.3, -0.25) is 0 Å². The summed E-state index contributed by atoms with van der Waals surface area (Å²) in [6, 6.07) is 0. The van der Waals surface area contributed by atoms with Crippen LogP contribution in [0.1, 0.15) is 65.0 Å². The molecule has 1 aromatic rings. The molecular formula is C22H30N4OS. The number of nitrogens with zero attached hydrogens (tertiary/aromatic N) is 3. The molecule has 150 valence electrons. The van der Waals surface area contributed by atoms with E-state index < -0.39 is 0 Å². The Morgan fingerprint density at radius 3 is 3.04 bits per heavy atom. The van der Waals surface area contributed by atoms with Gasteiger partial charge in [0.05, 0.1) is 0 Å². The summed E-state index contributed by atoms with van der Waals surface area (Å²) >= 11 is 1.66. The maximum atomic E-state index is 6.50. The fraction of sp³-hybridized carbons (Fsp3) is 0.591. The second-order valence-corrected chi connectivity index (χ2v) is 9.16. The molecule has 0 amide bonds. The second kappa shape index (κ2) is 8.68. The number of rotatable bonds is 5. The van der Waals surface area contributed by atoms with Crippen LogP contribution in [-0.4, -0.2) is 27.2 Å². The van der Waals surface area contributed by atoms with Gasteiger partial charge in [0.15, 0.2) is 11.9 Å². The average Bonchev–Trinajstić information content (AvgIpc) is 2.84. The summed E-state index contributed by atoms with van der Waals surface area (Å²) in [5.74, 6) is 2.62. The Hall–Kier alpha value is -1.82. The molecule has 28 heavy (non-hydrogen) atoms. The molecule has 3 unspecified atom stereocenters. The highest BCUT2D eigenvalue weighted by Gasteiger charge is 2.35. The van der Waals surface area contributed by atoms with Gasteiger partial charge in [0, 0.05) is 22.9 Å². The predicted octanol–water partition coefficient (Wildman–Crippen LogP) is 5.13. The number of allylic oxidation sites excluding steroid dienone is 6. The summed E-state index contributed by atoms with van der Waals surface area (Å²) in [6.45, 7) is 6.76. The lowest BCUT2D eigenvalue weighted by atomic mass is 9.80. The van der Waals surface area contributed by atoms with E-state index in [-0.39, 0.29) is 6.23 Å². The summed E-state index contributed by atoms with van der Waals surface area (Å²) < 4.78 is 6.50. The maximum absolute atomic E-state index is 6.50. The molecule has 2 aliphatic carbocycles. The van der Waals surface area contributed by atoms with E-state index in [9.17, 15) is 0 Å². The topological polar surface area (TPSA) is 59.9 Å². The molecule has 6 heteroatoms. The summed E-state index contributed by atoms with van der Waals surface area (Å²) in [5, 5.41) is 13.3. The maximum Gasteiger partial charge on any atom is 0.247 e. The highest BCUT2D eigenvalue weighted by atomic mass is 32.2. The van der Waals surface area contributed by atoms with Gasteiger partial charge in [-0.2, -0.15) is 4.98 Å². The first-order valence-corrected chi connectivity index (χ1v) is 11.5. The molecule has 0 fully saturated rings. The molecular weight excluding hydrogens is 368 g/mol. The van der Waals surface area contributed by atoms with Crippen LogP contribution >= 0.6 is 11.8 Å². The smallest absolute Gasteiger partial charge is 0.247 e. The van der Waals surface area contributed by atoms with Crippen molar-refractivity contribution >= 4 is 17.3 Å². The lowest BCUT2D eigenvalue weighted by Crippen LogP contribution is -2.43. The Morgan fingerprint density at radius 1 is 1.32 bits per heavy atom. The number of ether oxygens (including phenoxy) is 1. The molecule has 0 spiro atoms. The monoisotopic (exact) mass is 398 g/mol. The standard InChI is InChI=1S/C22H30N4OS/c1-4-5-12-28-22-24-21-19(25-26-22)17-8-6-7-9-18(17)23-20(27-21)16-11-10-14(2)13-15(16)3/h6,8,10,15-16,20,23H,4-5,7,9,11-13H2,1-3H3. The zero-order valence-electron chi connectivity index (χ0n) is 17.1. The Morgan fingerprint density at radius 2 is 2.21 bits per heavy atom. The zero-order valence-corrected chi connectivity index (χ0v) is 17.9. The molecule has 0 aromatic carbocycles. The van der Waals surface area contributed by atoms with Crippen molar-refractivity contribution in [2.45, 2.75) is 70.7 Å². The Labute approximate surface area is 172 Å². The van der Waals surface area contributed by atoms with Crippen LogP contribution in [-0.2, 0) is 0 Å². The molecule has 3 atom stereocenters. The van der Waals surface area contributed by atoms with E-state index in [1.54, 1.807) is 11.8 Å². The van der Waals surface area contributed by atoms with Crippen LogP contribution in [0.3, 0.4) is 0 Å². The van der Waals surface area contributed by atoms with Crippen LogP contribution < -0.4 is 10.1 Å². The van der Waals surface area contributed by atoms with Gasteiger partial charge >= 0.3 is 0 Å². The third kappa shape index (κ3) is 4.12. The number of hydrogen-bond donors (Lipinski definition) is 1. The summed E-state index contributed by atoms with van der Waals surface area (Å²) in [4.78, 5) is 4.76. The Bertz CT molecular complexity index is 817. The second-order valence-electron chi connectivity index (χ2n) is 8.10. The minimum absolute atomic E-state index is 0.0812. The molecule has 2 heterocycles. The lowest BCUT2D eigenvalue weighted by Gasteiger charge is -2.35. The van der Waals surface area contributed by atoms with E-state index in [0.29, 0.717) is 22.9 Å². The number of fused-ring (bicyclic) bond motifs is 2. The van der Waals surface area contributed by atoms with E-state index in [2.05, 4.69) is 54.5 Å². The normalized spacial score (nSPS) is 26.5. The highest BCUT2D eigenvalue weighted by molar-refractivity contribution is 7.99. The van der Waals surface area contributed by atoms with Crippen LogP contribution in [0.2, 0.25) is 0 Å². The van der Waals surface area contributed by atoms with Crippen LogP contribution in [0.4, 0.5) is 0 Å². The summed E-state index contributed by atoms with van der Waals surface area (Å²) in [6.07, 6.45) is 13.1. The minimum Gasteiger partial charge on any atom is -0.452 e. The lowest BCUT2D eigenvalue weighted by molar-refractivity contribution is 0.0714. The number of hydrogen-bond acceptors (Lipinski definition) is 6. The average molecular weight is 399 g/mol. The van der Waals surface area contributed by atoms with Crippen LogP contribution in [0.15, 0.2) is 34.7 Å². The van der Waals surface area contributed by atoms with E-state index in [1.165, 1.54) is 17.7 Å². The van der Waals surface area contributed by atoms with Gasteiger partial charge in [0.1, 0.15) is 0 Å². The fourth-order valence-corrected chi connectivity index (χ4v) is 5.07. The van der Waals surface area contributed by atoms with Crippen LogP contribution in [0.25, 0.3) is 5.57 Å². The number of unbranched alkanes of at least 4 members (excludes halogenated alkanes) is 1. The highest BCUT2D eigenvalue weighted by Crippen LogP contribution is 2.38. The third-order valence-corrected chi connectivity index (χ3v) is 6.77. The van der Waals surface area contributed by atoms with Crippen molar-refractivity contribution in [1.29, 1.82) is 0 Å². The van der Waals surface area contributed by atoms with E-state index in [4.69, 9.17) is 9.72 Å². The van der Waals surface area contributed by atoms with Gasteiger partial charge in [-0.15, -0.1) is 10.2 Å². The SMILES string of the molecule is CCCCSc1nnc2c(n1)OC(C1CC=C(C)CC1C)NC1=C2C=CCC1. The first-order valence-electron chi connectivity index (χ1n) is 10.5. The molecule has 1 aromatic heterocycles. The van der Waals surface area contributed by atoms with Crippen LogP contribution in [0, 0.1) is 11.8 Å². The van der Waals surface area contributed by atoms with Crippen molar-refractivity contribution in [2.24, 2.45) is 11.8 Å². The van der Waals surface area contributed by atoms with E-state index in [1.807, 2.05) is 0 Å². The summed E-state index contributed by atoms with van der Waals surface area (Å²) in [5.41, 5.74) is 4.56. The zero-order chi connectivity index (χ0) is 19.5. The largest absolute Gasteiger partial charge is 0.452 e. The van der Waals surface area contributed by atoms with Crippen LogP contribution in [0.5, 0.6) is 5.88 Å². The molecule has 1 N–H and O–H groups in total. The van der Waals surface area contributed by atoms with Gasteiger partial charge in [-0.1, -0.05) is 55.8 Å². The van der Waals surface area contributed by atoms with Crippen molar-refractivity contribution in [3.05, 3.63) is 35.2 Å². The quantitative estimate of drug-likeness (QED) is 0.422. The number of aromatic nitrogens is 3. The van der Waals surface area contributed by atoms with Crippen molar-refractivity contribution in [2.75, 3.05) is 5.75 Å². The first-order chi connectivity index (χ1) is 13.7. The Kier molecular flexibility index (Phi) is 6.04.